The molecular weight excluding hydrogens is 240 g/mol. The number of hydrogen-bond donors (Lipinski definition) is 1. The summed E-state index contributed by atoms with van der Waals surface area (Å²) in [4.78, 5) is 0. The molecule has 1 rings (SSSR count). The number of aryl methyl sites for hydroxylation is 1. The van der Waals surface area contributed by atoms with Crippen molar-refractivity contribution >= 4 is 15.9 Å². The molecule has 74 valence electrons. The highest BCUT2D eigenvalue weighted by atomic mass is 79.9. The Morgan fingerprint density at radius 2 is 2.21 bits per heavy atom. The van der Waals surface area contributed by atoms with Crippen LogP contribution in [0.4, 0.5) is 0 Å². The van der Waals surface area contributed by atoms with Crippen molar-refractivity contribution in [2.75, 3.05) is 0 Å². The lowest BCUT2D eigenvalue weighted by molar-refractivity contribution is 0.183. The van der Waals surface area contributed by atoms with E-state index < -0.39 is 6.10 Å². The average molecular weight is 253 g/mol. The fourth-order valence-corrected chi connectivity index (χ4v) is 1.74. The minimum absolute atomic E-state index is 0.485. The highest BCUT2D eigenvalue weighted by Crippen LogP contribution is 2.26. The van der Waals surface area contributed by atoms with Gasteiger partial charge in [0, 0.05) is 10.9 Å². The zero-order valence-corrected chi connectivity index (χ0v) is 9.93. The third kappa shape index (κ3) is 2.87. The Balaban J connectivity index is 2.91. The first kappa shape index (κ1) is 11.3. The first-order valence-corrected chi connectivity index (χ1v) is 5.28. The number of rotatable bonds is 2. The minimum atomic E-state index is -0.503. The van der Waals surface area contributed by atoms with E-state index >= 15 is 0 Å². The number of aliphatic hydroxyl groups excluding tert-OH is 1. The normalized spacial score (nSPS) is 11.7. The van der Waals surface area contributed by atoms with Gasteiger partial charge in [0.1, 0.15) is 0 Å². The molecule has 1 aromatic rings. The molecule has 1 aromatic carbocycles. The number of benzene rings is 1. The summed E-state index contributed by atoms with van der Waals surface area (Å²) >= 11 is 3.41. The molecule has 1 unspecified atom stereocenters. The maximum atomic E-state index is 9.82. The van der Waals surface area contributed by atoms with Crippen LogP contribution in [0, 0.1) is 18.8 Å². The van der Waals surface area contributed by atoms with E-state index in [9.17, 15) is 5.11 Å². The lowest BCUT2D eigenvalue weighted by Gasteiger charge is -2.10. The van der Waals surface area contributed by atoms with Crippen LogP contribution in [-0.4, -0.2) is 5.11 Å². The maximum absolute atomic E-state index is 9.82. The van der Waals surface area contributed by atoms with E-state index in [0.29, 0.717) is 6.42 Å². The Bertz CT molecular complexity index is 374. The molecule has 2 heteroatoms. The van der Waals surface area contributed by atoms with Crippen LogP contribution in [0.3, 0.4) is 0 Å². The summed E-state index contributed by atoms with van der Waals surface area (Å²) in [7, 11) is 0. The quantitative estimate of drug-likeness (QED) is 0.802. The van der Waals surface area contributed by atoms with Crippen molar-refractivity contribution < 1.29 is 5.11 Å². The first-order valence-electron chi connectivity index (χ1n) is 4.49. The van der Waals surface area contributed by atoms with Crippen LogP contribution in [0.15, 0.2) is 22.7 Å². The molecule has 14 heavy (non-hydrogen) atoms. The zero-order valence-electron chi connectivity index (χ0n) is 8.34. The van der Waals surface area contributed by atoms with Crippen molar-refractivity contribution in [1.82, 2.24) is 0 Å². The Hall–Kier alpha value is -0.780. The summed E-state index contributed by atoms with van der Waals surface area (Å²) in [6.45, 7) is 3.78. The molecule has 0 radical (unpaired) electrons. The molecule has 1 atom stereocenters. The lowest BCUT2D eigenvalue weighted by Crippen LogP contribution is -1.97. The largest absolute Gasteiger partial charge is 0.387 e. The van der Waals surface area contributed by atoms with Crippen LogP contribution < -0.4 is 0 Å². The van der Waals surface area contributed by atoms with Gasteiger partial charge in [-0.3, -0.25) is 0 Å². The Kier molecular flexibility index (Phi) is 4.19. The summed E-state index contributed by atoms with van der Waals surface area (Å²) in [5.41, 5.74) is 2.06. The number of halogens is 1. The first-order chi connectivity index (χ1) is 6.65. The van der Waals surface area contributed by atoms with Gasteiger partial charge in [-0.25, -0.2) is 0 Å². The van der Waals surface area contributed by atoms with Gasteiger partial charge < -0.3 is 5.11 Å². The fraction of sp³-hybridized carbons (Fsp3) is 0.333. The Morgan fingerprint density at radius 1 is 1.50 bits per heavy atom. The summed E-state index contributed by atoms with van der Waals surface area (Å²) in [6, 6.07) is 5.94. The fourth-order valence-electron chi connectivity index (χ4n) is 1.23. The molecule has 0 fully saturated rings. The van der Waals surface area contributed by atoms with Crippen molar-refractivity contribution in [3.63, 3.8) is 0 Å². The van der Waals surface area contributed by atoms with E-state index in [0.717, 1.165) is 15.6 Å². The van der Waals surface area contributed by atoms with Gasteiger partial charge in [-0.1, -0.05) is 33.6 Å². The lowest BCUT2D eigenvalue weighted by atomic mass is 10.0. The summed E-state index contributed by atoms with van der Waals surface area (Å²) in [6.07, 6.45) is -0.0184. The summed E-state index contributed by atoms with van der Waals surface area (Å²) < 4.78 is 0.938. The van der Waals surface area contributed by atoms with Crippen LogP contribution in [0.2, 0.25) is 0 Å². The third-order valence-corrected chi connectivity index (χ3v) is 2.70. The molecule has 0 amide bonds. The van der Waals surface area contributed by atoms with Crippen LogP contribution in [0.1, 0.15) is 30.6 Å². The monoisotopic (exact) mass is 252 g/mol. The molecule has 0 spiro atoms. The predicted octanol–water partition coefficient (Wildman–Crippen LogP) is 3.20. The van der Waals surface area contributed by atoms with E-state index in [4.69, 9.17) is 0 Å². The van der Waals surface area contributed by atoms with Crippen molar-refractivity contribution in [2.24, 2.45) is 0 Å². The van der Waals surface area contributed by atoms with Crippen molar-refractivity contribution in [2.45, 2.75) is 26.4 Å². The Morgan fingerprint density at radius 3 is 2.86 bits per heavy atom. The molecule has 1 N–H and O–H groups in total. The van der Waals surface area contributed by atoms with Gasteiger partial charge in [0.05, 0.1) is 6.10 Å². The van der Waals surface area contributed by atoms with Gasteiger partial charge >= 0.3 is 0 Å². The molecule has 0 aliphatic carbocycles. The SMILES string of the molecule is CC#CCC(O)c1cc(C)ccc1Br. The second-order valence-corrected chi connectivity index (χ2v) is 4.03. The number of aliphatic hydroxyl groups is 1. The maximum Gasteiger partial charge on any atom is 0.0910 e. The van der Waals surface area contributed by atoms with Crippen LogP contribution >= 0.6 is 15.9 Å². The topological polar surface area (TPSA) is 20.2 Å². The van der Waals surface area contributed by atoms with Crippen LogP contribution in [-0.2, 0) is 0 Å². The average Bonchev–Trinajstić information content (AvgIpc) is 2.18. The molecule has 0 aliphatic heterocycles. The van der Waals surface area contributed by atoms with Gasteiger partial charge in [-0.2, -0.15) is 0 Å². The molecule has 0 bridgehead atoms. The van der Waals surface area contributed by atoms with Crippen molar-refractivity contribution in [3.05, 3.63) is 33.8 Å². The van der Waals surface area contributed by atoms with Gasteiger partial charge in [0.25, 0.3) is 0 Å². The van der Waals surface area contributed by atoms with E-state index in [2.05, 4.69) is 27.8 Å². The number of hydrogen-bond acceptors (Lipinski definition) is 1. The molecule has 0 aliphatic rings. The molecule has 1 nitrogen and oxygen atoms in total. The highest BCUT2D eigenvalue weighted by Gasteiger charge is 2.09. The molecule has 0 heterocycles. The van der Waals surface area contributed by atoms with Crippen molar-refractivity contribution in [3.8, 4) is 11.8 Å². The van der Waals surface area contributed by atoms with E-state index in [1.165, 1.54) is 0 Å². The predicted molar refractivity (Wildman–Crippen MR) is 61.9 cm³/mol. The van der Waals surface area contributed by atoms with Gasteiger partial charge in [-0.05, 0) is 25.5 Å². The molecular formula is C12H13BrO. The second kappa shape index (κ2) is 5.19. The molecule has 0 saturated heterocycles. The van der Waals surface area contributed by atoms with Crippen LogP contribution in [0.5, 0.6) is 0 Å². The second-order valence-electron chi connectivity index (χ2n) is 3.17. The standard InChI is InChI=1S/C12H13BrO/c1-3-4-5-12(14)10-8-9(2)6-7-11(10)13/h6-8,12,14H,5H2,1-2H3. The Labute approximate surface area is 93.3 Å². The third-order valence-electron chi connectivity index (χ3n) is 1.98. The highest BCUT2D eigenvalue weighted by molar-refractivity contribution is 9.10. The molecule has 0 aromatic heterocycles. The summed E-state index contributed by atoms with van der Waals surface area (Å²) in [5, 5.41) is 9.82. The van der Waals surface area contributed by atoms with E-state index in [-0.39, 0.29) is 0 Å². The zero-order chi connectivity index (χ0) is 10.6. The van der Waals surface area contributed by atoms with Gasteiger partial charge in [-0.15, -0.1) is 11.8 Å². The van der Waals surface area contributed by atoms with Gasteiger partial charge in [0.2, 0.25) is 0 Å². The smallest absolute Gasteiger partial charge is 0.0910 e. The van der Waals surface area contributed by atoms with Crippen molar-refractivity contribution in [1.29, 1.82) is 0 Å². The van der Waals surface area contributed by atoms with E-state index in [1.54, 1.807) is 6.92 Å². The van der Waals surface area contributed by atoms with Gasteiger partial charge in [0.15, 0.2) is 0 Å². The van der Waals surface area contributed by atoms with Crippen LogP contribution in [0.25, 0.3) is 0 Å². The summed E-state index contributed by atoms with van der Waals surface area (Å²) in [5.74, 6) is 5.65. The molecule has 0 saturated carbocycles. The van der Waals surface area contributed by atoms with E-state index in [1.807, 2.05) is 25.1 Å². The minimum Gasteiger partial charge on any atom is -0.387 e.